The van der Waals surface area contributed by atoms with E-state index in [2.05, 4.69) is 53.2 Å². The molecule has 1 aliphatic heterocycles. The average molecular weight is 532 g/mol. The smallest absolute Gasteiger partial charge is 0.256 e. The minimum absolute atomic E-state index is 0.101. The topological polar surface area (TPSA) is 109 Å². The van der Waals surface area contributed by atoms with Crippen molar-refractivity contribution >= 4 is 34.1 Å². The summed E-state index contributed by atoms with van der Waals surface area (Å²) in [5.41, 5.74) is 17.5. The molecule has 0 spiro atoms. The van der Waals surface area contributed by atoms with Crippen LogP contribution in [0.5, 0.6) is 5.75 Å². The second kappa shape index (κ2) is 10.5. The van der Waals surface area contributed by atoms with Gasteiger partial charge in [-0.05, 0) is 79.3 Å². The lowest BCUT2D eigenvalue weighted by atomic mass is 9.99. The Morgan fingerprint density at radius 1 is 1.07 bits per heavy atom. The summed E-state index contributed by atoms with van der Waals surface area (Å²) in [6.45, 7) is 6.69. The Morgan fingerprint density at radius 3 is 2.75 bits per heavy atom. The van der Waals surface area contributed by atoms with E-state index in [1.54, 1.807) is 12.4 Å². The number of amides is 1. The molecule has 4 heterocycles. The Balaban J connectivity index is 1.20. The lowest BCUT2D eigenvalue weighted by Crippen LogP contribution is -2.30. The first-order valence-corrected chi connectivity index (χ1v) is 13.7. The van der Waals surface area contributed by atoms with Gasteiger partial charge < -0.3 is 25.8 Å². The van der Waals surface area contributed by atoms with Crippen molar-refractivity contribution in [2.24, 2.45) is 5.73 Å². The maximum Gasteiger partial charge on any atom is 0.256 e. The van der Waals surface area contributed by atoms with Gasteiger partial charge in [-0.25, -0.2) is 0 Å². The summed E-state index contributed by atoms with van der Waals surface area (Å²) in [6.07, 6.45) is 9.14. The molecule has 0 saturated heterocycles. The second-order valence-corrected chi connectivity index (χ2v) is 10.4. The first-order chi connectivity index (χ1) is 19.4. The molecule has 202 valence electrons. The Hall–Kier alpha value is -4.62. The van der Waals surface area contributed by atoms with Crippen LogP contribution in [0, 0.1) is 13.8 Å². The van der Waals surface area contributed by atoms with Gasteiger partial charge in [-0.2, -0.15) is 0 Å². The highest BCUT2D eigenvalue weighted by Gasteiger charge is 2.25. The first kappa shape index (κ1) is 25.6. The normalized spacial score (nSPS) is 14.5. The van der Waals surface area contributed by atoms with Crippen molar-refractivity contribution in [1.82, 2.24) is 15.0 Å². The standard InChI is InChI=1S/C33H33N5O2/c1-4-26-19(2)32(37-20(26)3)14-29-28-13-21(9-10-31(28)38-33(29)39)22-12-25(17-35-15-22)40-18-24(34)11-23-16-36-30-8-6-5-7-27(23)30/h5-10,12-17,24,36-37H,4,11,18,34H2,1-3H3,(H,38,39)/t24-/m1/s1. The highest BCUT2D eigenvalue weighted by atomic mass is 16.5. The van der Waals surface area contributed by atoms with Gasteiger partial charge in [0.2, 0.25) is 0 Å². The number of carbonyl (C=O) groups is 1. The molecule has 1 atom stereocenters. The van der Waals surface area contributed by atoms with Gasteiger partial charge in [0.15, 0.2) is 0 Å². The van der Waals surface area contributed by atoms with Crippen molar-refractivity contribution in [3.63, 3.8) is 0 Å². The van der Waals surface area contributed by atoms with Crippen LogP contribution < -0.4 is 15.8 Å². The number of nitrogens with zero attached hydrogens (tertiary/aromatic N) is 1. The number of benzene rings is 2. The van der Waals surface area contributed by atoms with E-state index in [-0.39, 0.29) is 11.9 Å². The van der Waals surface area contributed by atoms with E-state index in [1.807, 2.05) is 48.7 Å². The van der Waals surface area contributed by atoms with E-state index in [0.29, 0.717) is 24.4 Å². The van der Waals surface area contributed by atoms with Crippen LogP contribution in [0.2, 0.25) is 0 Å². The number of aromatic nitrogens is 3. The van der Waals surface area contributed by atoms with E-state index in [0.717, 1.165) is 45.7 Å². The molecule has 2 aromatic carbocycles. The molecule has 1 aliphatic rings. The van der Waals surface area contributed by atoms with Crippen molar-refractivity contribution in [1.29, 1.82) is 0 Å². The molecule has 0 bridgehead atoms. The summed E-state index contributed by atoms with van der Waals surface area (Å²) in [7, 11) is 0. The van der Waals surface area contributed by atoms with Gasteiger partial charge in [-0.15, -0.1) is 0 Å². The van der Waals surface area contributed by atoms with Crippen LogP contribution in [0.1, 0.15) is 40.6 Å². The van der Waals surface area contributed by atoms with Gasteiger partial charge in [0.1, 0.15) is 12.4 Å². The highest BCUT2D eigenvalue weighted by Crippen LogP contribution is 2.37. The van der Waals surface area contributed by atoms with Crippen LogP contribution in [-0.2, 0) is 17.6 Å². The lowest BCUT2D eigenvalue weighted by Gasteiger charge is -2.13. The highest BCUT2D eigenvalue weighted by molar-refractivity contribution is 6.35. The van der Waals surface area contributed by atoms with Gasteiger partial charge in [0.25, 0.3) is 5.91 Å². The van der Waals surface area contributed by atoms with Crippen molar-refractivity contribution in [3.05, 3.63) is 101 Å². The molecule has 5 N–H and O–H groups in total. The molecule has 7 nitrogen and oxygen atoms in total. The second-order valence-electron chi connectivity index (χ2n) is 10.4. The fourth-order valence-electron chi connectivity index (χ4n) is 5.65. The minimum atomic E-state index is -0.166. The number of hydrogen-bond donors (Lipinski definition) is 4. The van der Waals surface area contributed by atoms with Crippen LogP contribution in [0.4, 0.5) is 5.69 Å². The first-order valence-electron chi connectivity index (χ1n) is 13.7. The molecular formula is C33H33N5O2. The third-order valence-corrected chi connectivity index (χ3v) is 7.74. The van der Waals surface area contributed by atoms with Crippen molar-refractivity contribution in [3.8, 4) is 16.9 Å². The number of rotatable bonds is 8. The van der Waals surface area contributed by atoms with E-state index < -0.39 is 0 Å². The molecule has 7 heteroatoms. The third-order valence-electron chi connectivity index (χ3n) is 7.74. The van der Waals surface area contributed by atoms with Crippen LogP contribution in [-0.4, -0.2) is 33.5 Å². The summed E-state index contributed by atoms with van der Waals surface area (Å²) >= 11 is 0. The fraction of sp³-hybridized carbons (Fsp3) is 0.212. The summed E-state index contributed by atoms with van der Waals surface area (Å²) in [4.78, 5) is 24.1. The van der Waals surface area contributed by atoms with Crippen molar-refractivity contribution in [2.45, 2.75) is 39.7 Å². The zero-order valence-corrected chi connectivity index (χ0v) is 23.0. The van der Waals surface area contributed by atoms with E-state index in [9.17, 15) is 4.79 Å². The molecular weight excluding hydrogens is 498 g/mol. The Morgan fingerprint density at radius 2 is 1.93 bits per heavy atom. The van der Waals surface area contributed by atoms with Crippen LogP contribution in [0.3, 0.4) is 0 Å². The van der Waals surface area contributed by atoms with E-state index in [1.165, 1.54) is 22.1 Å². The number of carbonyl (C=O) groups excluding carboxylic acids is 1. The fourth-order valence-corrected chi connectivity index (χ4v) is 5.65. The summed E-state index contributed by atoms with van der Waals surface area (Å²) in [6, 6.07) is 16.0. The Kier molecular flexibility index (Phi) is 6.74. The van der Waals surface area contributed by atoms with Gasteiger partial charge in [-0.3, -0.25) is 9.78 Å². The van der Waals surface area contributed by atoms with Crippen LogP contribution >= 0.6 is 0 Å². The molecule has 3 aromatic heterocycles. The maximum atomic E-state index is 12.9. The largest absolute Gasteiger partial charge is 0.490 e. The molecule has 6 rings (SSSR count). The number of nitrogens with two attached hydrogens (primary N) is 1. The van der Waals surface area contributed by atoms with E-state index >= 15 is 0 Å². The molecule has 1 amide bonds. The number of fused-ring (bicyclic) bond motifs is 2. The number of nitrogens with one attached hydrogen (secondary N) is 3. The number of H-pyrrole nitrogens is 2. The van der Waals surface area contributed by atoms with Crippen molar-refractivity contribution in [2.75, 3.05) is 11.9 Å². The van der Waals surface area contributed by atoms with Crippen LogP contribution in [0.25, 0.3) is 33.7 Å². The predicted octanol–water partition coefficient (Wildman–Crippen LogP) is 6.18. The molecule has 0 unspecified atom stereocenters. The molecule has 5 aromatic rings. The zero-order chi connectivity index (χ0) is 27.8. The Labute approximate surface area is 233 Å². The predicted molar refractivity (Wildman–Crippen MR) is 161 cm³/mol. The molecule has 0 fully saturated rings. The quantitative estimate of drug-likeness (QED) is 0.179. The number of aryl methyl sites for hydroxylation is 1. The molecule has 0 radical (unpaired) electrons. The number of anilines is 1. The monoisotopic (exact) mass is 531 g/mol. The van der Waals surface area contributed by atoms with E-state index in [4.69, 9.17) is 10.5 Å². The van der Waals surface area contributed by atoms with Crippen molar-refractivity contribution < 1.29 is 9.53 Å². The number of hydrogen-bond acceptors (Lipinski definition) is 4. The number of aromatic amines is 2. The maximum absolute atomic E-state index is 12.9. The molecule has 0 aliphatic carbocycles. The zero-order valence-electron chi connectivity index (χ0n) is 23.0. The van der Waals surface area contributed by atoms with Gasteiger partial charge in [-0.1, -0.05) is 31.2 Å². The Bertz CT molecular complexity index is 1760. The summed E-state index contributed by atoms with van der Waals surface area (Å²) < 4.78 is 6.06. The summed E-state index contributed by atoms with van der Waals surface area (Å²) in [5, 5.41) is 4.18. The lowest BCUT2D eigenvalue weighted by molar-refractivity contribution is -0.110. The van der Waals surface area contributed by atoms with Gasteiger partial charge in [0.05, 0.1) is 11.8 Å². The summed E-state index contributed by atoms with van der Waals surface area (Å²) in [5.74, 6) is 0.554. The SMILES string of the molecule is CCc1c(C)[nH]c(C=C2C(=O)Nc3ccc(-c4cncc(OC[C@H](N)Cc5c[nH]c6ccccc56)c4)cc32)c1C. The molecule has 0 saturated carbocycles. The third kappa shape index (κ3) is 4.80. The van der Waals surface area contributed by atoms with Gasteiger partial charge >= 0.3 is 0 Å². The molecule has 40 heavy (non-hydrogen) atoms. The number of para-hydroxylation sites is 1. The van der Waals surface area contributed by atoms with Gasteiger partial charge in [0, 0.05) is 57.5 Å². The van der Waals surface area contributed by atoms with Crippen LogP contribution in [0.15, 0.2) is 67.1 Å². The minimum Gasteiger partial charge on any atom is -0.490 e. The average Bonchev–Trinajstić information content (AvgIpc) is 3.60. The number of ether oxygens (including phenoxy) is 1. The number of pyridine rings is 1.